The molecule has 1 unspecified atom stereocenters. The fraction of sp³-hybridized carbons (Fsp3) is 0.400. The van der Waals surface area contributed by atoms with Crippen LogP contribution in [0.3, 0.4) is 0 Å². The normalized spacial score (nSPS) is 12.6. The van der Waals surface area contributed by atoms with Gasteiger partial charge >= 0.3 is 0 Å². The van der Waals surface area contributed by atoms with E-state index in [-0.39, 0.29) is 11.9 Å². The molecule has 0 bridgehead atoms. The number of halogens is 2. The predicted octanol–water partition coefficient (Wildman–Crippen LogP) is 3.19. The Labute approximate surface area is 96.8 Å². The smallest absolute Gasteiger partial charge is 0.145 e. The number of rotatable bonds is 3. The maximum Gasteiger partial charge on any atom is 0.145 e. The Morgan fingerprint density at radius 3 is 2.79 bits per heavy atom. The lowest BCUT2D eigenvalue weighted by molar-refractivity contribution is 0.218. The third-order valence-electron chi connectivity index (χ3n) is 1.96. The van der Waals surface area contributed by atoms with E-state index in [1.54, 1.807) is 6.07 Å². The summed E-state index contributed by atoms with van der Waals surface area (Å²) in [6.07, 6.45) is 0.921. The predicted molar refractivity (Wildman–Crippen MR) is 63.9 cm³/mol. The van der Waals surface area contributed by atoms with Gasteiger partial charge in [-0.1, -0.05) is 6.92 Å². The van der Waals surface area contributed by atoms with Gasteiger partial charge in [0.2, 0.25) is 0 Å². The molecule has 2 N–H and O–H groups in total. The van der Waals surface area contributed by atoms with Crippen LogP contribution in [0, 0.1) is 9.39 Å². The zero-order chi connectivity index (χ0) is 10.7. The molecule has 1 rings (SSSR count). The zero-order valence-electron chi connectivity index (χ0n) is 8.18. The van der Waals surface area contributed by atoms with E-state index < -0.39 is 0 Å². The van der Waals surface area contributed by atoms with Gasteiger partial charge < -0.3 is 10.5 Å². The topological polar surface area (TPSA) is 35.2 Å². The van der Waals surface area contributed by atoms with E-state index in [0.29, 0.717) is 15.0 Å². The van der Waals surface area contributed by atoms with Crippen molar-refractivity contribution in [1.29, 1.82) is 0 Å². The number of hydrogen-bond donors (Lipinski definition) is 1. The van der Waals surface area contributed by atoms with Crippen molar-refractivity contribution in [3.05, 3.63) is 21.5 Å². The second kappa shape index (κ2) is 4.82. The molecule has 14 heavy (non-hydrogen) atoms. The van der Waals surface area contributed by atoms with Crippen LogP contribution < -0.4 is 10.5 Å². The summed E-state index contributed by atoms with van der Waals surface area (Å²) in [5.74, 6) is 0.135. The molecular weight excluding hydrogens is 296 g/mol. The SMILES string of the molecule is CCC(C)Oc1cc(F)c(I)cc1N. The third-order valence-corrected chi connectivity index (χ3v) is 2.78. The van der Waals surface area contributed by atoms with Gasteiger partial charge in [-0.25, -0.2) is 4.39 Å². The maximum absolute atomic E-state index is 13.2. The largest absolute Gasteiger partial charge is 0.488 e. The van der Waals surface area contributed by atoms with Crippen LogP contribution in [0.2, 0.25) is 0 Å². The van der Waals surface area contributed by atoms with E-state index >= 15 is 0 Å². The van der Waals surface area contributed by atoms with Gasteiger partial charge in [-0.3, -0.25) is 0 Å². The maximum atomic E-state index is 13.2. The molecule has 0 saturated heterocycles. The van der Waals surface area contributed by atoms with Gasteiger partial charge in [0.15, 0.2) is 0 Å². The molecule has 1 atom stereocenters. The summed E-state index contributed by atoms with van der Waals surface area (Å²) in [6.45, 7) is 3.93. The molecule has 1 aromatic carbocycles. The van der Waals surface area contributed by atoms with Gasteiger partial charge in [-0.15, -0.1) is 0 Å². The number of nitrogen functional groups attached to an aromatic ring is 1. The number of nitrogens with two attached hydrogens (primary N) is 1. The quantitative estimate of drug-likeness (QED) is 0.687. The van der Waals surface area contributed by atoms with Gasteiger partial charge in [0.05, 0.1) is 15.4 Å². The van der Waals surface area contributed by atoms with Crippen LogP contribution in [0.4, 0.5) is 10.1 Å². The summed E-state index contributed by atoms with van der Waals surface area (Å²) < 4.78 is 19.1. The highest BCUT2D eigenvalue weighted by atomic mass is 127. The lowest BCUT2D eigenvalue weighted by atomic mass is 10.2. The van der Waals surface area contributed by atoms with Crippen LogP contribution in [0.1, 0.15) is 20.3 Å². The van der Waals surface area contributed by atoms with Crippen molar-refractivity contribution in [3.8, 4) is 5.75 Å². The van der Waals surface area contributed by atoms with Crippen molar-refractivity contribution in [3.63, 3.8) is 0 Å². The van der Waals surface area contributed by atoms with Crippen LogP contribution in [-0.4, -0.2) is 6.10 Å². The van der Waals surface area contributed by atoms with Crippen LogP contribution in [0.25, 0.3) is 0 Å². The fourth-order valence-corrected chi connectivity index (χ4v) is 1.44. The number of benzene rings is 1. The standard InChI is InChI=1S/C10H13FINO/c1-3-6(2)14-10-4-7(11)8(12)5-9(10)13/h4-6H,3,13H2,1-2H3. The van der Waals surface area contributed by atoms with Crippen LogP contribution in [-0.2, 0) is 0 Å². The summed E-state index contributed by atoms with van der Waals surface area (Å²) >= 11 is 1.90. The molecule has 78 valence electrons. The summed E-state index contributed by atoms with van der Waals surface area (Å²) in [4.78, 5) is 0. The molecule has 0 aromatic heterocycles. The molecule has 2 nitrogen and oxygen atoms in total. The van der Waals surface area contributed by atoms with E-state index in [2.05, 4.69) is 0 Å². The Kier molecular flexibility index (Phi) is 3.97. The molecule has 0 saturated carbocycles. The van der Waals surface area contributed by atoms with Gasteiger partial charge in [0.1, 0.15) is 11.6 Å². The van der Waals surface area contributed by atoms with Crippen LogP contribution >= 0.6 is 22.6 Å². The summed E-state index contributed by atoms with van der Waals surface area (Å²) in [6, 6.07) is 2.91. The minimum absolute atomic E-state index is 0.0526. The average molecular weight is 309 g/mol. The van der Waals surface area contributed by atoms with Crippen molar-refractivity contribution >= 4 is 28.3 Å². The first-order valence-corrected chi connectivity index (χ1v) is 5.53. The fourth-order valence-electron chi connectivity index (χ4n) is 0.946. The molecule has 0 aliphatic carbocycles. The Bertz CT molecular complexity index is 330. The summed E-state index contributed by atoms with van der Waals surface area (Å²) in [7, 11) is 0. The number of ether oxygens (including phenoxy) is 1. The van der Waals surface area contributed by atoms with Crippen molar-refractivity contribution in [1.82, 2.24) is 0 Å². The molecule has 4 heteroatoms. The molecule has 0 aliphatic heterocycles. The van der Waals surface area contributed by atoms with Crippen molar-refractivity contribution in [2.45, 2.75) is 26.4 Å². The Morgan fingerprint density at radius 1 is 1.57 bits per heavy atom. The van der Waals surface area contributed by atoms with E-state index in [0.717, 1.165) is 6.42 Å². The second-order valence-electron chi connectivity index (χ2n) is 3.14. The molecule has 1 aromatic rings. The second-order valence-corrected chi connectivity index (χ2v) is 4.30. The Hall–Kier alpha value is -0.520. The molecule has 0 amide bonds. The molecule has 0 heterocycles. The first-order chi connectivity index (χ1) is 6.54. The molecular formula is C10H13FINO. The Morgan fingerprint density at radius 2 is 2.21 bits per heavy atom. The van der Waals surface area contributed by atoms with E-state index in [1.165, 1.54) is 6.07 Å². The van der Waals surface area contributed by atoms with E-state index in [9.17, 15) is 4.39 Å². The van der Waals surface area contributed by atoms with Gasteiger partial charge in [0, 0.05) is 6.07 Å². The molecule has 0 fully saturated rings. The highest BCUT2D eigenvalue weighted by Crippen LogP contribution is 2.27. The highest BCUT2D eigenvalue weighted by molar-refractivity contribution is 14.1. The summed E-state index contributed by atoms with van der Waals surface area (Å²) in [5, 5.41) is 0. The zero-order valence-corrected chi connectivity index (χ0v) is 10.3. The van der Waals surface area contributed by atoms with Crippen molar-refractivity contribution in [2.75, 3.05) is 5.73 Å². The van der Waals surface area contributed by atoms with Gasteiger partial charge in [0.25, 0.3) is 0 Å². The van der Waals surface area contributed by atoms with Crippen molar-refractivity contribution < 1.29 is 9.13 Å². The summed E-state index contributed by atoms with van der Waals surface area (Å²) in [5.41, 5.74) is 6.18. The van der Waals surface area contributed by atoms with E-state index in [4.69, 9.17) is 10.5 Å². The van der Waals surface area contributed by atoms with Gasteiger partial charge in [-0.2, -0.15) is 0 Å². The third kappa shape index (κ3) is 2.73. The number of hydrogen-bond acceptors (Lipinski definition) is 2. The highest BCUT2D eigenvalue weighted by Gasteiger charge is 2.09. The number of anilines is 1. The lowest BCUT2D eigenvalue weighted by Gasteiger charge is -2.14. The average Bonchev–Trinajstić information content (AvgIpc) is 2.14. The first-order valence-electron chi connectivity index (χ1n) is 4.45. The van der Waals surface area contributed by atoms with Crippen LogP contribution in [0.15, 0.2) is 12.1 Å². The molecule has 0 radical (unpaired) electrons. The van der Waals surface area contributed by atoms with E-state index in [1.807, 2.05) is 36.4 Å². The lowest BCUT2D eigenvalue weighted by Crippen LogP contribution is -2.11. The van der Waals surface area contributed by atoms with Crippen LogP contribution in [0.5, 0.6) is 5.75 Å². The molecule has 0 spiro atoms. The minimum atomic E-state index is -0.293. The Balaban J connectivity index is 2.92. The monoisotopic (exact) mass is 309 g/mol. The minimum Gasteiger partial charge on any atom is -0.488 e. The van der Waals surface area contributed by atoms with Gasteiger partial charge in [-0.05, 0) is 42.0 Å². The first kappa shape index (κ1) is 11.6. The molecule has 0 aliphatic rings. The van der Waals surface area contributed by atoms with Crippen molar-refractivity contribution in [2.24, 2.45) is 0 Å².